The number of hydrogen-bond acceptors (Lipinski definition) is 3. The molecule has 0 bridgehead atoms. The van der Waals surface area contributed by atoms with E-state index < -0.39 is 0 Å². The van der Waals surface area contributed by atoms with Crippen LogP contribution in [-0.4, -0.2) is 17.1 Å². The molecule has 2 amide bonds. The van der Waals surface area contributed by atoms with Crippen LogP contribution in [-0.2, 0) is 22.6 Å². The first-order valence-corrected chi connectivity index (χ1v) is 8.51. The number of carbonyl (C=O) groups is 2. The molecule has 0 aliphatic carbocycles. The van der Waals surface area contributed by atoms with E-state index in [-0.39, 0.29) is 29.3 Å². The predicted octanol–water partition coefficient (Wildman–Crippen LogP) is 3.12. The fourth-order valence-electron chi connectivity index (χ4n) is 2.42. The van der Waals surface area contributed by atoms with Gasteiger partial charge in [-0.05, 0) is 42.3 Å². The van der Waals surface area contributed by atoms with Crippen molar-refractivity contribution in [3.63, 3.8) is 0 Å². The number of benzene rings is 2. The lowest BCUT2D eigenvalue weighted by atomic mass is 10.1. The zero-order valence-electron chi connectivity index (χ0n) is 13.1. The molecule has 1 heterocycles. The van der Waals surface area contributed by atoms with Gasteiger partial charge in [0, 0.05) is 11.4 Å². The molecule has 1 aliphatic heterocycles. The maximum absolute atomic E-state index is 12.8. The van der Waals surface area contributed by atoms with Crippen molar-refractivity contribution in [2.24, 2.45) is 0 Å². The summed E-state index contributed by atoms with van der Waals surface area (Å²) in [6.07, 6.45) is 0.227. The Morgan fingerprint density at radius 2 is 1.92 bits per heavy atom. The highest BCUT2D eigenvalue weighted by molar-refractivity contribution is 8.00. The summed E-state index contributed by atoms with van der Waals surface area (Å²) in [6.45, 7) is 2.22. The number of fused-ring (bicyclic) bond motifs is 1. The summed E-state index contributed by atoms with van der Waals surface area (Å²) in [5.41, 5.74) is 2.43. The Labute approximate surface area is 143 Å². The molecule has 124 valence electrons. The molecule has 24 heavy (non-hydrogen) atoms. The Morgan fingerprint density at radius 3 is 2.67 bits per heavy atom. The monoisotopic (exact) mass is 344 g/mol. The second-order valence-electron chi connectivity index (χ2n) is 5.66. The Balaban J connectivity index is 1.59. The van der Waals surface area contributed by atoms with Crippen molar-refractivity contribution in [2.75, 3.05) is 5.32 Å². The Kier molecular flexibility index (Phi) is 4.85. The summed E-state index contributed by atoms with van der Waals surface area (Å²) >= 11 is 1.51. The van der Waals surface area contributed by atoms with Gasteiger partial charge in [-0.3, -0.25) is 9.59 Å². The Bertz CT molecular complexity index is 777. The number of amides is 2. The number of rotatable bonds is 4. The quantitative estimate of drug-likeness (QED) is 0.896. The third-order valence-electron chi connectivity index (χ3n) is 3.74. The van der Waals surface area contributed by atoms with Crippen LogP contribution in [0.4, 0.5) is 10.1 Å². The highest BCUT2D eigenvalue weighted by Crippen LogP contribution is 2.35. The van der Waals surface area contributed by atoms with Gasteiger partial charge in [-0.1, -0.05) is 18.2 Å². The molecule has 1 aliphatic rings. The van der Waals surface area contributed by atoms with E-state index >= 15 is 0 Å². The second-order valence-corrected chi connectivity index (χ2v) is 7.04. The molecule has 0 radical (unpaired) electrons. The highest BCUT2D eigenvalue weighted by atomic mass is 32.2. The molecule has 3 rings (SSSR count). The summed E-state index contributed by atoms with van der Waals surface area (Å²) in [5, 5.41) is 5.56. The maximum Gasteiger partial charge on any atom is 0.237 e. The van der Waals surface area contributed by atoms with Crippen molar-refractivity contribution in [3.05, 3.63) is 59.4 Å². The molecule has 0 fully saturated rings. The third-order valence-corrected chi connectivity index (χ3v) is 4.92. The summed E-state index contributed by atoms with van der Waals surface area (Å²) < 4.78 is 12.8. The average molecular weight is 344 g/mol. The number of anilines is 1. The molecule has 4 nitrogen and oxygen atoms in total. The van der Waals surface area contributed by atoms with Crippen LogP contribution in [0.25, 0.3) is 0 Å². The average Bonchev–Trinajstić information content (AvgIpc) is 2.56. The molecule has 2 aromatic carbocycles. The molecule has 0 saturated heterocycles. The van der Waals surface area contributed by atoms with Gasteiger partial charge >= 0.3 is 0 Å². The summed E-state index contributed by atoms with van der Waals surface area (Å²) in [5.74, 6) is -0.443. The molecule has 0 saturated carbocycles. The van der Waals surface area contributed by atoms with Gasteiger partial charge in [-0.15, -0.1) is 11.8 Å². The smallest absolute Gasteiger partial charge is 0.237 e. The van der Waals surface area contributed by atoms with Crippen LogP contribution in [0.15, 0.2) is 47.4 Å². The van der Waals surface area contributed by atoms with Crippen molar-refractivity contribution >= 4 is 29.3 Å². The van der Waals surface area contributed by atoms with Crippen LogP contribution in [0.1, 0.15) is 18.1 Å². The zero-order valence-corrected chi connectivity index (χ0v) is 14.0. The fourth-order valence-corrected chi connectivity index (χ4v) is 3.35. The second kappa shape index (κ2) is 7.05. The molecule has 6 heteroatoms. The summed E-state index contributed by atoms with van der Waals surface area (Å²) in [6, 6.07) is 11.7. The van der Waals surface area contributed by atoms with Gasteiger partial charge in [0.25, 0.3) is 0 Å². The van der Waals surface area contributed by atoms with Gasteiger partial charge in [-0.2, -0.15) is 0 Å². The minimum absolute atomic E-state index is 0.0228. The largest absolute Gasteiger partial charge is 0.352 e. The summed E-state index contributed by atoms with van der Waals surface area (Å²) in [7, 11) is 0. The molecular weight excluding hydrogens is 327 g/mol. The molecular formula is C18H17FN2O2S. The highest BCUT2D eigenvalue weighted by Gasteiger charge is 2.23. The maximum atomic E-state index is 12.8. The number of halogens is 1. The summed E-state index contributed by atoms with van der Waals surface area (Å²) in [4.78, 5) is 24.8. The third kappa shape index (κ3) is 3.94. The molecule has 0 aromatic heterocycles. The van der Waals surface area contributed by atoms with E-state index in [1.165, 1.54) is 23.9 Å². The number of hydrogen-bond donors (Lipinski definition) is 2. The van der Waals surface area contributed by atoms with E-state index in [1.807, 2.05) is 25.1 Å². The Morgan fingerprint density at radius 1 is 1.21 bits per heavy atom. The van der Waals surface area contributed by atoms with Gasteiger partial charge in [-0.25, -0.2) is 4.39 Å². The molecule has 2 N–H and O–H groups in total. The van der Waals surface area contributed by atoms with Crippen molar-refractivity contribution in [1.29, 1.82) is 0 Å². The first kappa shape index (κ1) is 16.5. The molecule has 0 spiro atoms. The topological polar surface area (TPSA) is 58.2 Å². The van der Waals surface area contributed by atoms with Gasteiger partial charge in [0.2, 0.25) is 11.8 Å². The van der Waals surface area contributed by atoms with Gasteiger partial charge in [0.1, 0.15) is 5.82 Å². The van der Waals surface area contributed by atoms with Crippen LogP contribution in [0.3, 0.4) is 0 Å². The van der Waals surface area contributed by atoms with Crippen LogP contribution >= 0.6 is 11.8 Å². The molecule has 1 atom stereocenters. The predicted molar refractivity (Wildman–Crippen MR) is 92.3 cm³/mol. The van der Waals surface area contributed by atoms with E-state index in [4.69, 9.17) is 0 Å². The van der Waals surface area contributed by atoms with Crippen molar-refractivity contribution in [2.45, 2.75) is 30.0 Å². The van der Waals surface area contributed by atoms with Gasteiger partial charge in [0.15, 0.2) is 0 Å². The van der Waals surface area contributed by atoms with E-state index in [1.54, 1.807) is 12.1 Å². The van der Waals surface area contributed by atoms with Crippen LogP contribution in [0.5, 0.6) is 0 Å². The first-order chi connectivity index (χ1) is 11.5. The van der Waals surface area contributed by atoms with E-state index in [9.17, 15) is 14.0 Å². The molecule has 1 unspecified atom stereocenters. The van der Waals surface area contributed by atoms with Crippen LogP contribution in [0, 0.1) is 5.82 Å². The van der Waals surface area contributed by atoms with Crippen molar-refractivity contribution in [3.8, 4) is 0 Å². The SMILES string of the molecule is CC1Sc2ccc(CC(=O)NCc3ccc(F)cc3)cc2NC1=O. The van der Waals surface area contributed by atoms with Crippen LogP contribution in [0.2, 0.25) is 0 Å². The number of thioether (sulfide) groups is 1. The van der Waals surface area contributed by atoms with Gasteiger partial charge < -0.3 is 10.6 Å². The number of carbonyl (C=O) groups excluding carboxylic acids is 2. The first-order valence-electron chi connectivity index (χ1n) is 7.63. The minimum Gasteiger partial charge on any atom is -0.352 e. The minimum atomic E-state index is -0.298. The standard InChI is InChI=1S/C18H17FN2O2S/c1-11-18(23)21-15-8-13(4-7-16(15)24-11)9-17(22)20-10-12-2-5-14(19)6-3-12/h2-8,11H,9-10H2,1H3,(H,20,22)(H,21,23). The zero-order chi connectivity index (χ0) is 17.1. The normalized spacial score (nSPS) is 16.2. The van der Waals surface area contributed by atoms with E-state index in [2.05, 4.69) is 10.6 Å². The lowest BCUT2D eigenvalue weighted by Gasteiger charge is -2.21. The van der Waals surface area contributed by atoms with Gasteiger partial charge in [0.05, 0.1) is 17.4 Å². The lowest BCUT2D eigenvalue weighted by Crippen LogP contribution is -2.27. The Hall–Kier alpha value is -2.34. The van der Waals surface area contributed by atoms with Crippen LogP contribution < -0.4 is 10.6 Å². The van der Waals surface area contributed by atoms with E-state index in [0.29, 0.717) is 6.54 Å². The fraction of sp³-hybridized carbons (Fsp3) is 0.222. The lowest BCUT2D eigenvalue weighted by molar-refractivity contribution is -0.120. The van der Waals surface area contributed by atoms with Crippen molar-refractivity contribution < 1.29 is 14.0 Å². The molecule has 2 aromatic rings. The van der Waals surface area contributed by atoms with E-state index in [0.717, 1.165) is 21.7 Å². The number of nitrogens with one attached hydrogen (secondary N) is 2. The van der Waals surface area contributed by atoms with Crippen molar-refractivity contribution in [1.82, 2.24) is 5.32 Å².